The Balaban J connectivity index is 1.91. The molecule has 0 bridgehead atoms. The summed E-state index contributed by atoms with van der Waals surface area (Å²) in [4.78, 5) is 2.34. The molecule has 0 amide bonds. The molecule has 5 heteroatoms. The molecule has 2 N–H and O–H groups in total. The molecule has 1 fully saturated rings. The van der Waals surface area contributed by atoms with Crippen molar-refractivity contribution in [3.8, 4) is 5.75 Å². The van der Waals surface area contributed by atoms with Crippen molar-refractivity contribution >= 4 is 15.9 Å². The Kier molecular flexibility index (Phi) is 5.19. The lowest BCUT2D eigenvalue weighted by Gasteiger charge is -2.19. The lowest BCUT2D eigenvalue weighted by Crippen LogP contribution is -2.26. The van der Waals surface area contributed by atoms with E-state index in [1.54, 1.807) is 12.1 Å². The zero-order chi connectivity index (χ0) is 13.8. The minimum Gasteiger partial charge on any atom is -0.490 e. The van der Waals surface area contributed by atoms with E-state index < -0.39 is 0 Å². The average molecular weight is 331 g/mol. The number of hydrogen-bond acceptors (Lipinski definition) is 3. The summed E-state index contributed by atoms with van der Waals surface area (Å²) in [5, 5.41) is 0. The van der Waals surface area contributed by atoms with Crippen molar-refractivity contribution in [1.82, 2.24) is 4.90 Å². The van der Waals surface area contributed by atoms with E-state index in [0.717, 1.165) is 18.5 Å². The second kappa shape index (κ2) is 6.68. The summed E-state index contributed by atoms with van der Waals surface area (Å²) in [6.07, 6.45) is 3.39. The number of halogens is 2. The number of rotatable bonds is 5. The number of benzene rings is 1. The molecule has 19 heavy (non-hydrogen) atoms. The third-order valence-electron chi connectivity index (χ3n) is 3.73. The van der Waals surface area contributed by atoms with Gasteiger partial charge in [-0.3, -0.25) is 0 Å². The Morgan fingerprint density at radius 2 is 2.32 bits per heavy atom. The zero-order valence-corrected chi connectivity index (χ0v) is 12.7. The van der Waals surface area contributed by atoms with Gasteiger partial charge in [0.1, 0.15) is 0 Å². The predicted octanol–water partition coefficient (Wildman–Crippen LogP) is 2.91. The maximum Gasteiger partial charge on any atom is 0.179 e. The topological polar surface area (TPSA) is 38.5 Å². The third-order valence-corrected chi connectivity index (χ3v) is 4.58. The molecule has 1 aromatic rings. The first kappa shape index (κ1) is 14.8. The molecule has 0 saturated carbocycles. The molecular weight excluding hydrogens is 311 g/mol. The Morgan fingerprint density at radius 3 is 2.95 bits per heavy atom. The first-order chi connectivity index (χ1) is 9.13. The highest BCUT2D eigenvalue weighted by molar-refractivity contribution is 9.10. The Labute approximate surface area is 122 Å². The molecule has 1 aromatic carbocycles. The smallest absolute Gasteiger partial charge is 0.179 e. The highest BCUT2D eigenvalue weighted by Gasteiger charge is 2.20. The van der Waals surface area contributed by atoms with Gasteiger partial charge in [0.2, 0.25) is 0 Å². The second-order valence-electron chi connectivity index (χ2n) is 4.97. The van der Waals surface area contributed by atoms with E-state index in [4.69, 9.17) is 10.5 Å². The maximum absolute atomic E-state index is 14.0. The Morgan fingerprint density at radius 1 is 1.53 bits per heavy atom. The molecule has 0 aromatic heterocycles. The molecular formula is C14H20BrFN2O. The van der Waals surface area contributed by atoms with Crippen LogP contribution in [0.3, 0.4) is 0 Å². The van der Waals surface area contributed by atoms with Crippen molar-refractivity contribution in [2.75, 3.05) is 20.2 Å². The van der Waals surface area contributed by atoms with E-state index in [-0.39, 0.29) is 5.82 Å². The number of nitrogens with zero attached hydrogens (tertiary/aromatic N) is 1. The molecule has 1 saturated heterocycles. The highest BCUT2D eigenvalue weighted by Crippen LogP contribution is 2.29. The van der Waals surface area contributed by atoms with Crippen molar-refractivity contribution in [3.63, 3.8) is 0 Å². The lowest BCUT2D eigenvalue weighted by atomic mass is 10.1. The SMILES string of the molecule is CN1CCCC1CCOc1ccc(CN)c(Br)c1F. The summed E-state index contributed by atoms with van der Waals surface area (Å²) in [5.74, 6) is -0.0625. The van der Waals surface area contributed by atoms with Gasteiger partial charge in [0.15, 0.2) is 11.6 Å². The quantitative estimate of drug-likeness (QED) is 0.902. The molecule has 1 aliphatic heterocycles. The second-order valence-corrected chi connectivity index (χ2v) is 5.76. The lowest BCUT2D eigenvalue weighted by molar-refractivity contribution is 0.227. The average Bonchev–Trinajstić information content (AvgIpc) is 2.81. The number of likely N-dealkylation sites (tertiary alicyclic amines) is 1. The molecule has 1 heterocycles. The first-order valence-electron chi connectivity index (χ1n) is 6.63. The number of nitrogens with two attached hydrogens (primary N) is 1. The standard InChI is InChI=1S/C14H20BrFN2O/c1-18-7-2-3-11(18)6-8-19-12-5-4-10(9-17)13(15)14(12)16/h4-5,11H,2-3,6-9,17H2,1H3. The van der Waals surface area contributed by atoms with E-state index in [9.17, 15) is 4.39 Å². The predicted molar refractivity (Wildman–Crippen MR) is 77.8 cm³/mol. The minimum absolute atomic E-state index is 0.296. The van der Waals surface area contributed by atoms with Gasteiger partial charge in [-0.15, -0.1) is 0 Å². The van der Waals surface area contributed by atoms with Crippen LogP contribution in [0.25, 0.3) is 0 Å². The normalized spacial score (nSPS) is 19.9. The fourth-order valence-electron chi connectivity index (χ4n) is 2.49. The van der Waals surface area contributed by atoms with Gasteiger partial charge in [0, 0.05) is 12.6 Å². The molecule has 1 unspecified atom stereocenters. The summed E-state index contributed by atoms with van der Waals surface area (Å²) in [6.45, 7) is 2.00. The van der Waals surface area contributed by atoms with Gasteiger partial charge in [-0.05, 0) is 60.4 Å². The largest absolute Gasteiger partial charge is 0.490 e. The molecule has 2 rings (SSSR count). The van der Waals surface area contributed by atoms with Gasteiger partial charge < -0.3 is 15.4 Å². The minimum atomic E-state index is -0.359. The van der Waals surface area contributed by atoms with E-state index >= 15 is 0 Å². The van der Waals surface area contributed by atoms with Crippen molar-refractivity contribution in [3.05, 3.63) is 28.0 Å². The highest BCUT2D eigenvalue weighted by atomic mass is 79.9. The summed E-state index contributed by atoms with van der Waals surface area (Å²) in [5.41, 5.74) is 6.28. The fraction of sp³-hybridized carbons (Fsp3) is 0.571. The third kappa shape index (κ3) is 3.46. The monoisotopic (exact) mass is 330 g/mol. The van der Waals surface area contributed by atoms with Crippen LogP contribution >= 0.6 is 15.9 Å². The maximum atomic E-state index is 14.0. The number of hydrogen-bond donors (Lipinski definition) is 1. The molecule has 3 nitrogen and oxygen atoms in total. The van der Waals surface area contributed by atoms with Gasteiger partial charge >= 0.3 is 0 Å². The van der Waals surface area contributed by atoms with Crippen LogP contribution in [0.4, 0.5) is 4.39 Å². The Bertz CT molecular complexity index is 442. The molecule has 0 aliphatic carbocycles. The van der Waals surface area contributed by atoms with E-state index in [0.29, 0.717) is 29.4 Å². The van der Waals surface area contributed by atoms with Gasteiger partial charge in [-0.25, -0.2) is 4.39 Å². The molecule has 1 atom stereocenters. The van der Waals surface area contributed by atoms with Gasteiger partial charge in [0.25, 0.3) is 0 Å². The van der Waals surface area contributed by atoms with Gasteiger partial charge in [-0.2, -0.15) is 0 Å². The van der Waals surface area contributed by atoms with Crippen molar-refractivity contribution in [2.24, 2.45) is 5.73 Å². The molecule has 0 radical (unpaired) electrons. The Hall–Kier alpha value is -0.650. The zero-order valence-electron chi connectivity index (χ0n) is 11.2. The van der Waals surface area contributed by atoms with Crippen LogP contribution in [0.5, 0.6) is 5.75 Å². The summed E-state index contributed by atoms with van der Waals surface area (Å²) < 4.78 is 20.0. The van der Waals surface area contributed by atoms with Crippen LogP contribution in [0.2, 0.25) is 0 Å². The summed E-state index contributed by atoms with van der Waals surface area (Å²) in [6, 6.07) is 4.01. The van der Waals surface area contributed by atoms with Crippen molar-refractivity contribution < 1.29 is 9.13 Å². The van der Waals surface area contributed by atoms with Crippen LogP contribution in [0.1, 0.15) is 24.8 Å². The van der Waals surface area contributed by atoms with Crippen molar-refractivity contribution in [1.29, 1.82) is 0 Å². The van der Waals surface area contributed by atoms with Gasteiger partial charge in [-0.1, -0.05) is 6.07 Å². The van der Waals surface area contributed by atoms with E-state index in [1.807, 2.05) is 0 Å². The van der Waals surface area contributed by atoms with E-state index in [1.165, 1.54) is 12.8 Å². The fourth-order valence-corrected chi connectivity index (χ4v) is 2.98. The van der Waals surface area contributed by atoms with Crippen LogP contribution < -0.4 is 10.5 Å². The molecule has 106 valence electrons. The van der Waals surface area contributed by atoms with Gasteiger partial charge in [0.05, 0.1) is 11.1 Å². The number of ether oxygens (including phenoxy) is 1. The van der Waals surface area contributed by atoms with Crippen LogP contribution in [0, 0.1) is 5.82 Å². The van der Waals surface area contributed by atoms with Crippen LogP contribution in [0.15, 0.2) is 16.6 Å². The molecule has 0 spiro atoms. The van der Waals surface area contributed by atoms with Crippen molar-refractivity contribution in [2.45, 2.75) is 31.8 Å². The van der Waals surface area contributed by atoms with Crippen LogP contribution in [-0.4, -0.2) is 31.1 Å². The first-order valence-corrected chi connectivity index (χ1v) is 7.42. The van der Waals surface area contributed by atoms with E-state index in [2.05, 4.69) is 27.9 Å². The summed E-state index contributed by atoms with van der Waals surface area (Å²) in [7, 11) is 2.13. The molecule has 1 aliphatic rings. The van der Waals surface area contributed by atoms with Crippen LogP contribution in [-0.2, 0) is 6.54 Å². The summed E-state index contributed by atoms with van der Waals surface area (Å²) >= 11 is 3.22.